The van der Waals surface area contributed by atoms with Crippen LogP contribution < -0.4 is 4.74 Å². The van der Waals surface area contributed by atoms with E-state index in [1.54, 1.807) is 4.90 Å². The fourth-order valence-electron chi connectivity index (χ4n) is 1.88. The molecule has 2 rings (SSSR count). The fraction of sp³-hybridized carbons (Fsp3) is 0.385. The van der Waals surface area contributed by atoms with E-state index in [4.69, 9.17) is 10.00 Å². The number of carbonyl (C=O) groups is 1. The minimum atomic E-state index is -0.162. The number of nitriles is 1. The first-order chi connectivity index (χ1) is 8.69. The predicted molar refractivity (Wildman–Crippen MR) is 69.9 cm³/mol. The number of halogens is 1. The Morgan fingerprint density at radius 2 is 2.17 bits per heavy atom. The second kappa shape index (κ2) is 5.87. The number of rotatable bonds is 4. The third-order valence-electron chi connectivity index (χ3n) is 2.84. The lowest BCUT2D eigenvalue weighted by Gasteiger charge is -2.15. The van der Waals surface area contributed by atoms with Crippen LogP contribution in [0.2, 0.25) is 0 Å². The predicted octanol–water partition coefficient (Wildman–Crippen LogP) is 2.20. The molecular weight excluding hydrogens is 296 g/mol. The van der Waals surface area contributed by atoms with Gasteiger partial charge in [0.05, 0.1) is 18.5 Å². The molecule has 0 aromatic heterocycles. The third kappa shape index (κ3) is 3.23. The largest absolute Gasteiger partial charge is 0.492 e. The fourth-order valence-corrected chi connectivity index (χ4v) is 2.14. The maximum absolute atomic E-state index is 11.5. The summed E-state index contributed by atoms with van der Waals surface area (Å²) in [6.45, 7) is 1.51. The number of carbonyl (C=O) groups excluding carboxylic acids is 1. The van der Waals surface area contributed by atoms with Gasteiger partial charge in [0, 0.05) is 17.4 Å². The first-order valence-electron chi connectivity index (χ1n) is 5.75. The van der Waals surface area contributed by atoms with E-state index in [1.807, 2.05) is 24.3 Å². The van der Waals surface area contributed by atoms with Crippen molar-refractivity contribution in [3.05, 3.63) is 28.7 Å². The molecule has 1 heterocycles. The number of benzene rings is 1. The minimum Gasteiger partial charge on any atom is -0.492 e. The first kappa shape index (κ1) is 12.9. The van der Waals surface area contributed by atoms with Crippen molar-refractivity contribution in [3.8, 4) is 11.8 Å². The molecule has 1 aromatic rings. The molecule has 4 nitrogen and oxygen atoms in total. The van der Waals surface area contributed by atoms with Crippen LogP contribution in [0.25, 0.3) is 0 Å². The minimum absolute atomic E-state index is 0.0426. The molecule has 1 atom stereocenters. The molecule has 0 N–H and O–H groups in total. The van der Waals surface area contributed by atoms with Gasteiger partial charge < -0.3 is 9.64 Å². The van der Waals surface area contributed by atoms with E-state index >= 15 is 0 Å². The Morgan fingerprint density at radius 1 is 1.44 bits per heavy atom. The lowest BCUT2D eigenvalue weighted by Crippen LogP contribution is -2.29. The summed E-state index contributed by atoms with van der Waals surface area (Å²) in [5.74, 6) is 0.660. The van der Waals surface area contributed by atoms with E-state index in [1.165, 1.54) is 0 Å². The molecule has 0 aliphatic carbocycles. The highest BCUT2D eigenvalue weighted by molar-refractivity contribution is 9.10. The number of amides is 1. The Labute approximate surface area is 114 Å². The van der Waals surface area contributed by atoms with Crippen molar-refractivity contribution >= 4 is 21.8 Å². The van der Waals surface area contributed by atoms with Crippen molar-refractivity contribution < 1.29 is 9.53 Å². The third-order valence-corrected chi connectivity index (χ3v) is 3.37. The summed E-state index contributed by atoms with van der Waals surface area (Å²) in [5, 5.41) is 8.77. The second-order valence-corrected chi connectivity index (χ2v) is 5.09. The summed E-state index contributed by atoms with van der Waals surface area (Å²) < 4.78 is 6.54. The van der Waals surface area contributed by atoms with Gasteiger partial charge in [-0.15, -0.1) is 0 Å². The molecule has 0 saturated carbocycles. The standard InChI is InChI=1S/C13H13BrN2O2/c14-11-1-3-12(4-2-11)18-6-5-16-9-10(8-15)7-13(16)17/h1-4,10H,5-7,9H2. The molecule has 1 saturated heterocycles. The van der Waals surface area contributed by atoms with Crippen molar-refractivity contribution in [2.75, 3.05) is 19.7 Å². The summed E-state index contributed by atoms with van der Waals surface area (Å²) in [5.41, 5.74) is 0. The maximum Gasteiger partial charge on any atom is 0.224 e. The topological polar surface area (TPSA) is 53.3 Å². The van der Waals surface area contributed by atoms with E-state index < -0.39 is 0 Å². The number of likely N-dealkylation sites (tertiary alicyclic amines) is 1. The Kier molecular flexibility index (Phi) is 4.21. The van der Waals surface area contributed by atoms with Gasteiger partial charge in [0.1, 0.15) is 12.4 Å². The van der Waals surface area contributed by atoms with E-state index in [0.29, 0.717) is 26.1 Å². The second-order valence-electron chi connectivity index (χ2n) is 4.17. The highest BCUT2D eigenvalue weighted by atomic mass is 79.9. The Bertz CT molecular complexity index is 467. The van der Waals surface area contributed by atoms with E-state index in [9.17, 15) is 4.79 Å². The molecule has 0 radical (unpaired) electrons. The van der Waals surface area contributed by atoms with Crippen LogP contribution in [0, 0.1) is 17.2 Å². The summed E-state index contributed by atoms with van der Waals surface area (Å²) in [7, 11) is 0. The van der Waals surface area contributed by atoms with E-state index in [2.05, 4.69) is 22.0 Å². The van der Waals surface area contributed by atoms with Crippen molar-refractivity contribution in [2.45, 2.75) is 6.42 Å². The summed E-state index contributed by atoms with van der Waals surface area (Å²) >= 11 is 3.35. The van der Waals surface area contributed by atoms with Crippen LogP contribution in [0.5, 0.6) is 5.75 Å². The SMILES string of the molecule is N#CC1CC(=O)N(CCOc2ccc(Br)cc2)C1. The van der Waals surface area contributed by atoms with Crippen LogP contribution >= 0.6 is 15.9 Å². The summed E-state index contributed by atoms with van der Waals surface area (Å²) in [6, 6.07) is 9.68. The van der Waals surface area contributed by atoms with Gasteiger partial charge in [0.2, 0.25) is 5.91 Å². The molecule has 0 bridgehead atoms. The lowest BCUT2D eigenvalue weighted by atomic mass is 10.1. The van der Waals surface area contributed by atoms with Gasteiger partial charge in [0.25, 0.3) is 0 Å². The molecule has 1 aromatic carbocycles. The number of hydrogen-bond acceptors (Lipinski definition) is 3. The number of hydrogen-bond donors (Lipinski definition) is 0. The molecule has 94 valence electrons. The zero-order valence-corrected chi connectivity index (χ0v) is 11.4. The molecule has 1 unspecified atom stereocenters. The Balaban J connectivity index is 1.77. The van der Waals surface area contributed by atoms with Gasteiger partial charge in [-0.3, -0.25) is 4.79 Å². The molecule has 5 heteroatoms. The highest BCUT2D eigenvalue weighted by Crippen LogP contribution is 2.18. The van der Waals surface area contributed by atoms with E-state index in [0.717, 1.165) is 10.2 Å². The van der Waals surface area contributed by atoms with Crippen LogP contribution in [0.1, 0.15) is 6.42 Å². The summed E-state index contributed by atoms with van der Waals surface area (Å²) in [4.78, 5) is 13.2. The average Bonchev–Trinajstić information content (AvgIpc) is 2.73. The maximum atomic E-state index is 11.5. The zero-order chi connectivity index (χ0) is 13.0. The van der Waals surface area contributed by atoms with Crippen molar-refractivity contribution in [2.24, 2.45) is 5.92 Å². The molecule has 18 heavy (non-hydrogen) atoms. The van der Waals surface area contributed by atoms with E-state index in [-0.39, 0.29) is 11.8 Å². The van der Waals surface area contributed by atoms with Gasteiger partial charge in [-0.2, -0.15) is 5.26 Å². The lowest BCUT2D eigenvalue weighted by molar-refractivity contribution is -0.128. The monoisotopic (exact) mass is 308 g/mol. The zero-order valence-electron chi connectivity index (χ0n) is 9.80. The normalized spacial score (nSPS) is 18.8. The van der Waals surface area contributed by atoms with Gasteiger partial charge in [-0.25, -0.2) is 0 Å². The van der Waals surface area contributed by atoms with Crippen LogP contribution in [-0.2, 0) is 4.79 Å². The van der Waals surface area contributed by atoms with Gasteiger partial charge in [-0.1, -0.05) is 15.9 Å². The van der Waals surface area contributed by atoms with Crippen molar-refractivity contribution in [1.82, 2.24) is 4.90 Å². The van der Waals surface area contributed by atoms with Crippen LogP contribution in [0.15, 0.2) is 28.7 Å². The van der Waals surface area contributed by atoms with Crippen LogP contribution in [-0.4, -0.2) is 30.5 Å². The van der Waals surface area contributed by atoms with Crippen molar-refractivity contribution in [3.63, 3.8) is 0 Å². The Hall–Kier alpha value is -1.54. The molecule has 1 aliphatic rings. The smallest absolute Gasteiger partial charge is 0.224 e. The molecular formula is C13H13BrN2O2. The summed E-state index contributed by atoms with van der Waals surface area (Å²) in [6.07, 6.45) is 0.342. The van der Waals surface area contributed by atoms with Gasteiger partial charge in [-0.05, 0) is 24.3 Å². The molecule has 0 spiro atoms. The molecule has 1 aliphatic heterocycles. The number of ether oxygens (including phenoxy) is 1. The quantitative estimate of drug-likeness (QED) is 0.857. The first-order valence-corrected chi connectivity index (χ1v) is 6.54. The highest BCUT2D eigenvalue weighted by Gasteiger charge is 2.28. The molecule has 1 fully saturated rings. The van der Waals surface area contributed by atoms with Crippen LogP contribution in [0.3, 0.4) is 0 Å². The van der Waals surface area contributed by atoms with Crippen molar-refractivity contribution in [1.29, 1.82) is 5.26 Å². The van der Waals surface area contributed by atoms with Crippen LogP contribution in [0.4, 0.5) is 0 Å². The number of nitrogens with zero attached hydrogens (tertiary/aromatic N) is 2. The van der Waals surface area contributed by atoms with Gasteiger partial charge >= 0.3 is 0 Å². The van der Waals surface area contributed by atoms with Gasteiger partial charge in [0.15, 0.2) is 0 Å². The Morgan fingerprint density at radius 3 is 2.78 bits per heavy atom. The average molecular weight is 309 g/mol. The molecule has 1 amide bonds.